The molecule has 0 saturated carbocycles. The van der Waals surface area contributed by atoms with Gasteiger partial charge in [0.15, 0.2) is 5.16 Å². The first-order chi connectivity index (χ1) is 12.4. The lowest BCUT2D eigenvalue weighted by Gasteiger charge is -2.12. The average molecular weight is 432 g/mol. The molecule has 0 spiro atoms. The second kappa shape index (κ2) is 10.3. The Morgan fingerprint density at radius 2 is 1.96 bits per heavy atom. The summed E-state index contributed by atoms with van der Waals surface area (Å²) in [5.41, 5.74) is 1.01. The normalized spacial score (nSPS) is 12.0. The lowest BCUT2D eigenvalue weighted by atomic mass is 10.3. The van der Waals surface area contributed by atoms with Gasteiger partial charge >= 0.3 is 0 Å². The van der Waals surface area contributed by atoms with Crippen LogP contribution in [-0.2, 0) is 10.5 Å². The molecular formula is C17H19Cl2N3O2S2. The maximum atomic E-state index is 12.4. The molecule has 2 aromatic rings. The zero-order chi connectivity index (χ0) is 19.1. The van der Waals surface area contributed by atoms with E-state index in [1.807, 2.05) is 0 Å². The molecule has 0 saturated heterocycles. The number of amides is 1. The molecule has 2 N–H and O–H groups in total. The number of nitrogens with zero attached hydrogens (tertiary/aromatic N) is 1. The van der Waals surface area contributed by atoms with Gasteiger partial charge in [-0.15, -0.1) is 0 Å². The van der Waals surface area contributed by atoms with E-state index < -0.39 is 5.25 Å². The van der Waals surface area contributed by atoms with Gasteiger partial charge in [-0.25, -0.2) is 4.98 Å². The summed E-state index contributed by atoms with van der Waals surface area (Å²) >= 11 is 14.8. The van der Waals surface area contributed by atoms with Crippen molar-refractivity contribution in [2.45, 2.75) is 36.4 Å². The molecular weight excluding hydrogens is 413 g/mol. The zero-order valence-corrected chi connectivity index (χ0v) is 17.5. The molecule has 0 fully saturated rings. The summed E-state index contributed by atoms with van der Waals surface area (Å²) < 4.78 is 0. The van der Waals surface area contributed by atoms with Crippen LogP contribution in [0.3, 0.4) is 0 Å². The van der Waals surface area contributed by atoms with Gasteiger partial charge in [0.05, 0.1) is 10.9 Å². The van der Waals surface area contributed by atoms with Crippen LogP contribution in [0.4, 0.5) is 5.69 Å². The second-order valence-electron chi connectivity index (χ2n) is 5.50. The van der Waals surface area contributed by atoms with Gasteiger partial charge in [0.2, 0.25) is 5.91 Å². The van der Waals surface area contributed by atoms with E-state index in [0.717, 1.165) is 12.2 Å². The fraction of sp³-hybridized carbons (Fsp3) is 0.353. The number of nitrogens with one attached hydrogen (secondary N) is 2. The first kappa shape index (κ1) is 21.2. The highest BCUT2D eigenvalue weighted by molar-refractivity contribution is 8.00. The van der Waals surface area contributed by atoms with Crippen molar-refractivity contribution in [3.63, 3.8) is 0 Å². The molecule has 2 rings (SSSR count). The summed E-state index contributed by atoms with van der Waals surface area (Å²) in [6.45, 7) is 3.84. The number of carbonyl (C=O) groups excluding carboxylic acids is 1. The molecule has 0 aliphatic carbocycles. The molecule has 140 valence electrons. The highest BCUT2D eigenvalue weighted by atomic mass is 35.5. The van der Waals surface area contributed by atoms with Gasteiger partial charge in [0, 0.05) is 27.6 Å². The van der Waals surface area contributed by atoms with E-state index in [1.165, 1.54) is 17.8 Å². The van der Waals surface area contributed by atoms with Gasteiger partial charge < -0.3 is 10.3 Å². The van der Waals surface area contributed by atoms with Crippen molar-refractivity contribution < 1.29 is 4.79 Å². The molecule has 0 aliphatic rings. The van der Waals surface area contributed by atoms with Gasteiger partial charge in [-0.1, -0.05) is 41.9 Å². The summed E-state index contributed by atoms with van der Waals surface area (Å²) in [6, 6.07) is 6.32. The number of carbonyl (C=O) groups is 1. The molecule has 1 atom stereocenters. The highest BCUT2D eigenvalue weighted by Crippen LogP contribution is 2.25. The predicted octanol–water partition coefficient (Wildman–Crippen LogP) is 4.84. The molecule has 1 aromatic heterocycles. The first-order valence-corrected chi connectivity index (χ1v) is 10.8. The number of aromatic amines is 1. The topological polar surface area (TPSA) is 74.8 Å². The fourth-order valence-corrected chi connectivity index (χ4v) is 4.17. The highest BCUT2D eigenvalue weighted by Gasteiger charge is 2.17. The third kappa shape index (κ3) is 6.87. The minimum absolute atomic E-state index is 0.219. The van der Waals surface area contributed by atoms with Gasteiger partial charge in [-0.2, -0.15) is 11.8 Å². The minimum atomic E-state index is -0.463. The molecule has 26 heavy (non-hydrogen) atoms. The van der Waals surface area contributed by atoms with Crippen molar-refractivity contribution >= 4 is 58.3 Å². The van der Waals surface area contributed by atoms with Gasteiger partial charge in [0.1, 0.15) is 0 Å². The average Bonchev–Trinajstić information content (AvgIpc) is 2.53. The second-order valence-corrected chi connectivity index (χ2v) is 8.81. The Morgan fingerprint density at radius 1 is 1.27 bits per heavy atom. The van der Waals surface area contributed by atoms with Crippen LogP contribution in [0.25, 0.3) is 0 Å². The quantitative estimate of drug-likeness (QED) is 0.355. The van der Waals surface area contributed by atoms with E-state index >= 15 is 0 Å². The van der Waals surface area contributed by atoms with E-state index in [2.05, 4.69) is 22.2 Å². The summed E-state index contributed by atoms with van der Waals surface area (Å²) in [7, 11) is 0. The Morgan fingerprint density at radius 3 is 2.62 bits per heavy atom. The van der Waals surface area contributed by atoms with Crippen molar-refractivity contribution in [2.24, 2.45) is 0 Å². The van der Waals surface area contributed by atoms with E-state index in [4.69, 9.17) is 23.2 Å². The van der Waals surface area contributed by atoms with Crippen molar-refractivity contribution in [3.05, 3.63) is 50.4 Å². The van der Waals surface area contributed by atoms with Gasteiger partial charge in [-0.3, -0.25) is 9.59 Å². The van der Waals surface area contributed by atoms with Gasteiger partial charge in [0.25, 0.3) is 5.56 Å². The van der Waals surface area contributed by atoms with Crippen molar-refractivity contribution in [1.82, 2.24) is 9.97 Å². The standard InChI is InChI=1S/C17H19Cl2N3O2S2/c1-3-4-25-9-14-8-15(23)22-17(21-14)26-10(2)16(24)20-13-6-11(18)5-12(19)7-13/h5-8,10H,3-4,9H2,1-2H3,(H,20,24)(H,21,22,23). The Labute approximate surface area is 170 Å². The van der Waals surface area contributed by atoms with Crippen LogP contribution in [0.1, 0.15) is 26.0 Å². The van der Waals surface area contributed by atoms with Crippen LogP contribution < -0.4 is 10.9 Å². The summed E-state index contributed by atoms with van der Waals surface area (Å²) in [6.07, 6.45) is 1.07. The molecule has 0 radical (unpaired) electrons. The summed E-state index contributed by atoms with van der Waals surface area (Å²) in [5.74, 6) is 1.45. The van der Waals surface area contributed by atoms with Crippen LogP contribution in [0.2, 0.25) is 10.0 Å². The van der Waals surface area contributed by atoms with Crippen LogP contribution in [-0.4, -0.2) is 26.9 Å². The molecule has 1 heterocycles. The van der Waals surface area contributed by atoms with Crippen molar-refractivity contribution in [1.29, 1.82) is 0 Å². The number of rotatable bonds is 8. The van der Waals surface area contributed by atoms with E-state index in [0.29, 0.717) is 32.3 Å². The summed E-state index contributed by atoms with van der Waals surface area (Å²) in [5, 5.41) is 3.61. The number of H-pyrrole nitrogens is 1. The Hall–Kier alpha value is -1.15. The van der Waals surface area contributed by atoms with E-state index in [9.17, 15) is 9.59 Å². The van der Waals surface area contributed by atoms with Crippen molar-refractivity contribution in [2.75, 3.05) is 11.1 Å². The molecule has 1 aromatic carbocycles. The van der Waals surface area contributed by atoms with Crippen LogP contribution in [0.15, 0.2) is 34.2 Å². The monoisotopic (exact) mass is 431 g/mol. The van der Waals surface area contributed by atoms with E-state index in [-0.39, 0.29) is 11.5 Å². The third-order valence-electron chi connectivity index (χ3n) is 3.16. The maximum Gasteiger partial charge on any atom is 0.251 e. The Kier molecular flexibility index (Phi) is 8.34. The number of benzene rings is 1. The number of hydrogen-bond donors (Lipinski definition) is 2. The maximum absolute atomic E-state index is 12.4. The number of halogens is 2. The van der Waals surface area contributed by atoms with Crippen molar-refractivity contribution in [3.8, 4) is 0 Å². The molecule has 5 nitrogen and oxygen atoms in total. The number of hydrogen-bond acceptors (Lipinski definition) is 5. The zero-order valence-electron chi connectivity index (χ0n) is 14.3. The smallest absolute Gasteiger partial charge is 0.251 e. The lowest BCUT2D eigenvalue weighted by Crippen LogP contribution is -2.23. The molecule has 0 aliphatic heterocycles. The Balaban J connectivity index is 2.02. The first-order valence-electron chi connectivity index (χ1n) is 7.99. The van der Waals surface area contributed by atoms with Gasteiger partial charge in [-0.05, 0) is 37.3 Å². The number of anilines is 1. The molecule has 0 bridgehead atoms. The van der Waals surface area contributed by atoms with E-state index in [1.54, 1.807) is 36.9 Å². The molecule has 1 unspecified atom stereocenters. The SMILES string of the molecule is CCCSCc1cc(=O)[nH]c(SC(C)C(=O)Nc2cc(Cl)cc(Cl)c2)n1. The minimum Gasteiger partial charge on any atom is -0.325 e. The number of thioether (sulfide) groups is 2. The van der Waals surface area contributed by atoms with Crippen LogP contribution in [0, 0.1) is 0 Å². The predicted molar refractivity (Wildman–Crippen MR) is 112 cm³/mol. The largest absolute Gasteiger partial charge is 0.325 e. The van der Waals surface area contributed by atoms with Crippen LogP contribution >= 0.6 is 46.7 Å². The molecule has 9 heteroatoms. The number of aromatic nitrogens is 2. The third-order valence-corrected chi connectivity index (χ3v) is 5.78. The Bertz CT molecular complexity index is 810. The lowest BCUT2D eigenvalue weighted by molar-refractivity contribution is -0.115. The van der Waals surface area contributed by atoms with Crippen LogP contribution in [0.5, 0.6) is 0 Å². The molecule has 1 amide bonds. The summed E-state index contributed by atoms with van der Waals surface area (Å²) in [4.78, 5) is 31.3. The fourth-order valence-electron chi connectivity index (χ4n) is 2.03.